The summed E-state index contributed by atoms with van der Waals surface area (Å²) in [4.78, 5) is 0. The van der Waals surface area contributed by atoms with Gasteiger partial charge in [0.25, 0.3) is 0 Å². The van der Waals surface area contributed by atoms with Crippen molar-refractivity contribution in [1.82, 2.24) is 5.32 Å². The van der Waals surface area contributed by atoms with Crippen LogP contribution in [-0.2, 0) is 0 Å². The third-order valence-corrected chi connectivity index (χ3v) is 3.76. The third-order valence-electron chi connectivity index (χ3n) is 3.76. The first-order chi connectivity index (χ1) is 9.56. The molecule has 3 heteroatoms. The number of hydrogen-bond donors (Lipinski definition) is 2. The van der Waals surface area contributed by atoms with Crippen LogP contribution in [0.1, 0.15) is 45.2 Å². The van der Waals surface area contributed by atoms with Crippen LogP contribution in [0.25, 0.3) is 0 Å². The minimum Gasteiger partial charge on any atom is -0.493 e. The average molecular weight is 277 g/mol. The van der Waals surface area contributed by atoms with Crippen LogP contribution in [-0.4, -0.2) is 24.4 Å². The number of aliphatic hydroxyl groups is 1. The summed E-state index contributed by atoms with van der Waals surface area (Å²) in [6.07, 6.45) is 2.17. The zero-order valence-corrected chi connectivity index (χ0v) is 12.8. The standard InChI is InChI=1S/C17H27NO2/c1-12(2)11-20-16-8-6-14(7-9-16)13(3)18-10-17(19)15-4-5-15/h6-9,12-13,15,17-19H,4-5,10-11H2,1-3H3. The molecule has 0 aliphatic heterocycles. The van der Waals surface area contributed by atoms with Gasteiger partial charge in [0.2, 0.25) is 0 Å². The summed E-state index contributed by atoms with van der Waals surface area (Å²) < 4.78 is 5.68. The second-order valence-electron chi connectivity index (χ2n) is 6.31. The molecule has 0 radical (unpaired) electrons. The van der Waals surface area contributed by atoms with Crippen LogP contribution in [0.3, 0.4) is 0 Å². The quantitative estimate of drug-likeness (QED) is 0.767. The Hall–Kier alpha value is -1.06. The second kappa shape index (κ2) is 7.09. The molecule has 20 heavy (non-hydrogen) atoms. The average Bonchev–Trinajstić information content (AvgIpc) is 3.27. The molecular weight excluding hydrogens is 250 g/mol. The number of ether oxygens (including phenoxy) is 1. The zero-order valence-electron chi connectivity index (χ0n) is 12.8. The highest BCUT2D eigenvalue weighted by Gasteiger charge is 2.29. The second-order valence-corrected chi connectivity index (χ2v) is 6.31. The molecule has 0 heterocycles. The summed E-state index contributed by atoms with van der Waals surface area (Å²) in [6.45, 7) is 7.85. The number of nitrogens with one attached hydrogen (secondary N) is 1. The molecule has 0 spiro atoms. The molecule has 1 aromatic rings. The Morgan fingerprint density at radius 3 is 2.40 bits per heavy atom. The van der Waals surface area contributed by atoms with Crippen LogP contribution in [0.2, 0.25) is 0 Å². The van der Waals surface area contributed by atoms with Crippen molar-refractivity contribution in [2.45, 2.75) is 45.8 Å². The summed E-state index contributed by atoms with van der Waals surface area (Å²) in [5.41, 5.74) is 1.23. The number of benzene rings is 1. The van der Waals surface area contributed by atoms with Gasteiger partial charge in [0, 0.05) is 12.6 Å². The Labute approximate surface area is 122 Å². The predicted octanol–water partition coefficient (Wildman–Crippen LogP) is 3.14. The Balaban J connectivity index is 1.78. The van der Waals surface area contributed by atoms with Crippen LogP contribution in [0.15, 0.2) is 24.3 Å². The lowest BCUT2D eigenvalue weighted by Crippen LogP contribution is -2.30. The smallest absolute Gasteiger partial charge is 0.119 e. The van der Waals surface area contributed by atoms with Crippen LogP contribution in [0, 0.1) is 11.8 Å². The summed E-state index contributed by atoms with van der Waals surface area (Å²) >= 11 is 0. The monoisotopic (exact) mass is 277 g/mol. The molecule has 1 fully saturated rings. The fourth-order valence-electron chi connectivity index (χ4n) is 2.18. The molecule has 3 nitrogen and oxygen atoms in total. The van der Waals surface area contributed by atoms with E-state index in [-0.39, 0.29) is 12.1 Å². The molecule has 2 unspecified atom stereocenters. The molecule has 112 valence electrons. The van der Waals surface area contributed by atoms with E-state index >= 15 is 0 Å². The highest BCUT2D eigenvalue weighted by atomic mass is 16.5. The van der Waals surface area contributed by atoms with E-state index in [4.69, 9.17) is 4.74 Å². The normalized spacial score (nSPS) is 18.1. The molecular formula is C17H27NO2. The van der Waals surface area contributed by atoms with E-state index in [1.807, 2.05) is 12.1 Å². The Morgan fingerprint density at radius 1 is 1.20 bits per heavy atom. The lowest BCUT2D eigenvalue weighted by atomic mass is 10.1. The Morgan fingerprint density at radius 2 is 1.85 bits per heavy atom. The van der Waals surface area contributed by atoms with Gasteiger partial charge in [-0.2, -0.15) is 0 Å². The van der Waals surface area contributed by atoms with Gasteiger partial charge < -0.3 is 15.2 Å². The van der Waals surface area contributed by atoms with E-state index in [1.165, 1.54) is 18.4 Å². The maximum absolute atomic E-state index is 9.87. The van der Waals surface area contributed by atoms with Crippen LogP contribution < -0.4 is 10.1 Å². The van der Waals surface area contributed by atoms with Gasteiger partial charge in [0.15, 0.2) is 0 Å². The maximum atomic E-state index is 9.87. The Bertz CT molecular complexity index is 398. The van der Waals surface area contributed by atoms with Crippen LogP contribution >= 0.6 is 0 Å². The largest absolute Gasteiger partial charge is 0.493 e. The topological polar surface area (TPSA) is 41.5 Å². The maximum Gasteiger partial charge on any atom is 0.119 e. The van der Waals surface area contributed by atoms with Gasteiger partial charge in [-0.25, -0.2) is 0 Å². The van der Waals surface area contributed by atoms with Crippen molar-refractivity contribution in [1.29, 1.82) is 0 Å². The fraction of sp³-hybridized carbons (Fsp3) is 0.647. The van der Waals surface area contributed by atoms with Gasteiger partial charge in [-0.05, 0) is 49.3 Å². The van der Waals surface area contributed by atoms with Crippen molar-refractivity contribution < 1.29 is 9.84 Å². The highest BCUT2D eigenvalue weighted by molar-refractivity contribution is 5.29. The lowest BCUT2D eigenvalue weighted by Gasteiger charge is -2.17. The number of rotatable bonds is 8. The van der Waals surface area contributed by atoms with Gasteiger partial charge in [0.05, 0.1) is 12.7 Å². The first-order valence-electron chi connectivity index (χ1n) is 7.70. The highest BCUT2D eigenvalue weighted by Crippen LogP contribution is 2.32. The molecule has 2 N–H and O–H groups in total. The predicted molar refractivity (Wildman–Crippen MR) is 81.9 cm³/mol. The molecule has 0 bridgehead atoms. The SMILES string of the molecule is CC(C)COc1ccc(C(C)NCC(O)C2CC2)cc1. The van der Waals surface area contributed by atoms with Crippen molar-refractivity contribution in [2.75, 3.05) is 13.2 Å². The van der Waals surface area contributed by atoms with Crippen LogP contribution in [0.4, 0.5) is 0 Å². The van der Waals surface area contributed by atoms with E-state index in [2.05, 4.69) is 38.2 Å². The van der Waals surface area contributed by atoms with Gasteiger partial charge >= 0.3 is 0 Å². The van der Waals surface area contributed by atoms with Crippen molar-refractivity contribution in [3.05, 3.63) is 29.8 Å². The fourth-order valence-corrected chi connectivity index (χ4v) is 2.18. The number of aliphatic hydroxyl groups excluding tert-OH is 1. The molecule has 1 saturated carbocycles. The number of hydrogen-bond acceptors (Lipinski definition) is 3. The van der Waals surface area contributed by atoms with Crippen molar-refractivity contribution >= 4 is 0 Å². The molecule has 2 atom stereocenters. The van der Waals surface area contributed by atoms with Gasteiger partial charge in [0.1, 0.15) is 5.75 Å². The van der Waals surface area contributed by atoms with E-state index in [0.29, 0.717) is 18.4 Å². The van der Waals surface area contributed by atoms with Crippen molar-refractivity contribution in [2.24, 2.45) is 11.8 Å². The summed E-state index contributed by atoms with van der Waals surface area (Å²) in [5, 5.41) is 13.3. The molecule has 1 aliphatic rings. The molecule has 0 amide bonds. The zero-order chi connectivity index (χ0) is 14.5. The van der Waals surface area contributed by atoms with Crippen LogP contribution in [0.5, 0.6) is 5.75 Å². The van der Waals surface area contributed by atoms with Crippen molar-refractivity contribution in [3.8, 4) is 5.75 Å². The lowest BCUT2D eigenvalue weighted by molar-refractivity contribution is 0.145. The van der Waals surface area contributed by atoms with Gasteiger partial charge in [-0.3, -0.25) is 0 Å². The summed E-state index contributed by atoms with van der Waals surface area (Å²) in [5.74, 6) is 1.99. The minimum absolute atomic E-state index is 0.189. The molecule has 1 aliphatic carbocycles. The molecule has 0 saturated heterocycles. The van der Waals surface area contributed by atoms with Crippen molar-refractivity contribution in [3.63, 3.8) is 0 Å². The van der Waals surface area contributed by atoms with Gasteiger partial charge in [-0.15, -0.1) is 0 Å². The third kappa shape index (κ3) is 4.80. The summed E-state index contributed by atoms with van der Waals surface area (Å²) in [7, 11) is 0. The van der Waals surface area contributed by atoms with E-state index in [9.17, 15) is 5.11 Å². The van der Waals surface area contributed by atoms with Gasteiger partial charge in [-0.1, -0.05) is 26.0 Å². The molecule has 2 rings (SSSR count). The summed E-state index contributed by atoms with van der Waals surface area (Å²) in [6, 6.07) is 8.48. The van der Waals surface area contributed by atoms with E-state index in [0.717, 1.165) is 12.4 Å². The first-order valence-corrected chi connectivity index (χ1v) is 7.70. The Kier molecular flexibility index (Phi) is 5.44. The molecule has 1 aromatic carbocycles. The van der Waals surface area contributed by atoms with E-state index in [1.54, 1.807) is 0 Å². The first kappa shape index (κ1) is 15.3. The molecule has 0 aromatic heterocycles. The minimum atomic E-state index is -0.189. The van der Waals surface area contributed by atoms with E-state index < -0.39 is 0 Å².